The third-order valence-electron chi connectivity index (χ3n) is 2.61. The number of nitrogens with zero attached hydrogens (tertiary/aromatic N) is 1. The molecule has 0 saturated carbocycles. The maximum Gasteiger partial charge on any atom is 0.150 e. The Morgan fingerprint density at radius 1 is 1.60 bits per heavy atom. The highest BCUT2D eigenvalue weighted by atomic mass is 32.2. The van der Waals surface area contributed by atoms with Gasteiger partial charge >= 0.3 is 0 Å². The Hall–Kier alpha value is -0.460. The van der Waals surface area contributed by atoms with Gasteiger partial charge < -0.3 is 5.73 Å². The quantitative estimate of drug-likeness (QED) is 0.841. The Bertz CT molecular complexity index is 439. The van der Waals surface area contributed by atoms with E-state index in [1.807, 2.05) is 0 Å². The number of rotatable bonds is 2. The van der Waals surface area contributed by atoms with Crippen molar-refractivity contribution in [1.29, 1.82) is 0 Å². The Kier molecular flexibility index (Phi) is 3.08. The maximum absolute atomic E-state index is 11.5. The molecule has 4 nitrogen and oxygen atoms in total. The molecule has 0 aliphatic carbocycles. The minimum absolute atomic E-state index is 0.140. The summed E-state index contributed by atoms with van der Waals surface area (Å²) in [6.45, 7) is 0.435. The summed E-state index contributed by atoms with van der Waals surface area (Å²) in [5, 5.41) is 0.882. The normalized spacial score (nSPS) is 25.3. The second kappa shape index (κ2) is 4.19. The van der Waals surface area contributed by atoms with Crippen LogP contribution in [0.2, 0.25) is 0 Å². The average molecular weight is 246 g/mol. The Balaban J connectivity index is 2.17. The van der Waals surface area contributed by atoms with Crippen LogP contribution in [0.15, 0.2) is 6.20 Å². The van der Waals surface area contributed by atoms with Gasteiger partial charge in [-0.05, 0) is 12.8 Å². The van der Waals surface area contributed by atoms with E-state index in [4.69, 9.17) is 5.73 Å². The van der Waals surface area contributed by atoms with Gasteiger partial charge in [-0.3, -0.25) is 0 Å². The molecule has 0 amide bonds. The molecule has 1 fully saturated rings. The smallest absolute Gasteiger partial charge is 0.150 e. The fourth-order valence-electron chi connectivity index (χ4n) is 1.85. The third-order valence-corrected chi connectivity index (χ3v) is 5.61. The van der Waals surface area contributed by atoms with Gasteiger partial charge in [0.15, 0.2) is 9.84 Å². The van der Waals surface area contributed by atoms with E-state index in [0.29, 0.717) is 12.3 Å². The zero-order valence-corrected chi connectivity index (χ0v) is 9.98. The molecule has 1 unspecified atom stereocenters. The lowest BCUT2D eigenvalue weighted by Gasteiger charge is -2.20. The lowest BCUT2D eigenvalue weighted by Crippen LogP contribution is -2.23. The van der Waals surface area contributed by atoms with Crippen molar-refractivity contribution < 1.29 is 8.42 Å². The molecule has 1 aliphatic heterocycles. The van der Waals surface area contributed by atoms with Gasteiger partial charge in [0.1, 0.15) is 5.01 Å². The molecule has 6 heteroatoms. The lowest BCUT2D eigenvalue weighted by molar-refractivity contribution is 0.556. The van der Waals surface area contributed by atoms with Crippen molar-refractivity contribution in [2.45, 2.75) is 25.3 Å². The molecule has 1 aliphatic rings. The van der Waals surface area contributed by atoms with E-state index < -0.39 is 9.84 Å². The standard InChI is InChI=1S/C9H14N2O2S2/c10-4-9-11-5-8(14-9)7-2-1-3-15(12,13)6-7/h5,7H,1-4,6,10H2. The van der Waals surface area contributed by atoms with E-state index in [1.54, 1.807) is 6.20 Å². The van der Waals surface area contributed by atoms with Crippen LogP contribution in [-0.4, -0.2) is 24.9 Å². The van der Waals surface area contributed by atoms with E-state index in [2.05, 4.69) is 4.98 Å². The summed E-state index contributed by atoms with van der Waals surface area (Å²) in [6.07, 6.45) is 3.49. The first-order valence-electron chi connectivity index (χ1n) is 4.96. The zero-order chi connectivity index (χ0) is 10.9. The third kappa shape index (κ3) is 2.56. The Labute approximate surface area is 93.4 Å². The van der Waals surface area contributed by atoms with Crippen molar-refractivity contribution in [3.8, 4) is 0 Å². The highest BCUT2D eigenvalue weighted by Crippen LogP contribution is 2.31. The molecule has 0 spiro atoms. The van der Waals surface area contributed by atoms with Crippen LogP contribution in [0.5, 0.6) is 0 Å². The van der Waals surface area contributed by atoms with Crippen LogP contribution in [-0.2, 0) is 16.4 Å². The van der Waals surface area contributed by atoms with Crippen LogP contribution < -0.4 is 5.73 Å². The van der Waals surface area contributed by atoms with Crippen molar-refractivity contribution >= 4 is 21.2 Å². The number of thiazole rings is 1. The molecule has 0 bridgehead atoms. The number of hydrogen-bond acceptors (Lipinski definition) is 5. The number of nitrogens with two attached hydrogens (primary N) is 1. The van der Waals surface area contributed by atoms with E-state index in [0.717, 1.165) is 22.7 Å². The summed E-state index contributed by atoms with van der Waals surface area (Å²) in [7, 11) is -2.83. The minimum Gasteiger partial charge on any atom is -0.325 e. The van der Waals surface area contributed by atoms with E-state index in [-0.39, 0.29) is 11.7 Å². The zero-order valence-electron chi connectivity index (χ0n) is 8.35. The van der Waals surface area contributed by atoms with Crippen LogP contribution in [0.3, 0.4) is 0 Å². The monoisotopic (exact) mass is 246 g/mol. The van der Waals surface area contributed by atoms with Crippen molar-refractivity contribution in [2.24, 2.45) is 5.73 Å². The molecular formula is C9H14N2O2S2. The number of aromatic nitrogens is 1. The molecule has 84 valence electrons. The van der Waals surface area contributed by atoms with Gasteiger partial charge in [-0.15, -0.1) is 11.3 Å². The Morgan fingerprint density at radius 3 is 3.00 bits per heavy atom. The van der Waals surface area contributed by atoms with Crippen molar-refractivity contribution in [3.05, 3.63) is 16.1 Å². The maximum atomic E-state index is 11.5. The first-order chi connectivity index (χ1) is 7.11. The van der Waals surface area contributed by atoms with Gasteiger partial charge in [-0.1, -0.05) is 0 Å². The van der Waals surface area contributed by atoms with Gasteiger partial charge in [-0.2, -0.15) is 0 Å². The Morgan fingerprint density at radius 2 is 2.40 bits per heavy atom. The van der Waals surface area contributed by atoms with Crippen molar-refractivity contribution in [1.82, 2.24) is 4.98 Å². The molecule has 2 rings (SSSR count). The van der Waals surface area contributed by atoms with Crippen LogP contribution in [0.1, 0.15) is 28.6 Å². The highest BCUT2D eigenvalue weighted by molar-refractivity contribution is 7.91. The predicted molar refractivity (Wildman–Crippen MR) is 60.6 cm³/mol. The summed E-state index contributed by atoms with van der Waals surface area (Å²) in [5.41, 5.74) is 5.48. The van der Waals surface area contributed by atoms with Gasteiger partial charge in [0.25, 0.3) is 0 Å². The molecule has 2 N–H and O–H groups in total. The molecule has 0 radical (unpaired) electrons. The second-order valence-electron chi connectivity index (χ2n) is 3.81. The van der Waals surface area contributed by atoms with Crippen LogP contribution >= 0.6 is 11.3 Å². The van der Waals surface area contributed by atoms with E-state index in [9.17, 15) is 8.42 Å². The van der Waals surface area contributed by atoms with E-state index >= 15 is 0 Å². The molecule has 2 heterocycles. The van der Waals surface area contributed by atoms with Gasteiger partial charge in [0.2, 0.25) is 0 Å². The topological polar surface area (TPSA) is 73.0 Å². The number of hydrogen-bond donors (Lipinski definition) is 1. The molecule has 1 aromatic rings. The molecule has 1 atom stereocenters. The van der Waals surface area contributed by atoms with Crippen LogP contribution in [0.25, 0.3) is 0 Å². The minimum atomic E-state index is -2.83. The summed E-state index contributed by atoms with van der Waals surface area (Å²) in [4.78, 5) is 5.22. The highest BCUT2D eigenvalue weighted by Gasteiger charge is 2.27. The molecule has 1 saturated heterocycles. The van der Waals surface area contributed by atoms with Crippen LogP contribution in [0.4, 0.5) is 0 Å². The SMILES string of the molecule is NCc1ncc(C2CCCS(=O)(=O)C2)s1. The fourth-order valence-corrected chi connectivity index (χ4v) is 4.63. The lowest BCUT2D eigenvalue weighted by atomic mass is 10.0. The summed E-state index contributed by atoms with van der Waals surface area (Å²) in [6, 6.07) is 0. The van der Waals surface area contributed by atoms with Gasteiger partial charge in [0.05, 0.1) is 11.5 Å². The van der Waals surface area contributed by atoms with Gasteiger partial charge in [0, 0.05) is 23.5 Å². The summed E-state index contributed by atoms with van der Waals surface area (Å²) >= 11 is 1.54. The van der Waals surface area contributed by atoms with E-state index in [1.165, 1.54) is 11.3 Å². The fraction of sp³-hybridized carbons (Fsp3) is 0.667. The largest absolute Gasteiger partial charge is 0.325 e. The molecular weight excluding hydrogens is 232 g/mol. The first-order valence-corrected chi connectivity index (χ1v) is 7.59. The van der Waals surface area contributed by atoms with Crippen LogP contribution in [0, 0.1) is 0 Å². The summed E-state index contributed by atoms with van der Waals surface area (Å²) in [5.74, 6) is 0.757. The second-order valence-corrected chi connectivity index (χ2v) is 7.19. The van der Waals surface area contributed by atoms with Gasteiger partial charge in [-0.25, -0.2) is 13.4 Å². The molecule has 15 heavy (non-hydrogen) atoms. The molecule has 0 aromatic carbocycles. The average Bonchev–Trinajstić information content (AvgIpc) is 2.64. The first kappa shape index (κ1) is 11.0. The molecule has 1 aromatic heterocycles. The predicted octanol–water partition coefficient (Wildman–Crippen LogP) is 0.894. The number of sulfone groups is 1. The van der Waals surface area contributed by atoms with Crippen molar-refractivity contribution in [3.63, 3.8) is 0 Å². The van der Waals surface area contributed by atoms with Crippen molar-refractivity contribution in [2.75, 3.05) is 11.5 Å². The summed E-state index contributed by atoms with van der Waals surface area (Å²) < 4.78 is 22.9.